The number of hydrogen-bond donors (Lipinski definition) is 0. The third kappa shape index (κ3) is 5.25. The first-order valence-corrected chi connectivity index (χ1v) is 11.9. The van der Waals surface area contributed by atoms with Gasteiger partial charge < -0.3 is 19.0 Å². The zero-order chi connectivity index (χ0) is 23.3. The van der Waals surface area contributed by atoms with Crippen molar-refractivity contribution in [3.63, 3.8) is 0 Å². The van der Waals surface area contributed by atoms with E-state index >= 15 is 0 Å². The number of furan rings is 1. The third-order valence-corrected chi connectivity index (χ3v) is 6.70. The highest BCUT2D eigenvalue weighted by molar-refractivity contribution is 5.93. The molecule has 3 aromatic rings. The Balaban J connectivity index is 1.07. The van der Waals surface area contributed by atoms with Gasteiger partial charge in [0, 0.05) is 58.7 Å². The molecule has 178 valence electrons. The van der Waals surface area contributed by atoms with E-state index in [0.717, 1.165) is 51.3 Å². The summed E-state index contributed by atoms with van der Waals surface area (Å²) in [6.07, 6.45) is 4.77. The van der Waals surface area contributed by atoms with Crippen molar-refractivity contribution in [2.24, 2.45) is 0 Å². The Kier molecular flexibility index (Phi) is 6.81. The summed E-state index contributed by atoms with van der Waals surface area (Å²) in [5.74, 6) is 0.737. The van der Waals surface area contributed by atoms with E-state index in [2.05, 4.69) is 21.9 Å². The van der Waals surface area contributed by atoms with Gasteiger partial charge in [-0.25, -0.2) is 4.39 Å². The molecule has 0 radical (unpaired) electrons. The molecule has 0 atom stereocenters. The lowest BCUT2D eigenvalue weighted by Gasteiger charge is -2.36. The van der Waals surface area contributed by atoms with Crippen LogP contribution in [-0.2, 0) is 6.54 Å². The van der Waals surface area contributed by atoms with Crippen molar-refractivity contribution in [2.45, 2.75) is 25.5 Å². The van der Waals surface area contributed by atoms with E-state index < -0.39 is 0 Å². The van der Waals surface area contributed by atoms with Gasteiger partial charge in [0.05, 0.1) is 17.5 Å². The predicted octanol–water partition coefficient (Wildman–Crippen LogP) is 4.42. The van der Waals surface area contributed by atoms with Crippen molar-refractivity contribution in [2.75, 3.05) is 44.2 Å². The molecule has 7 heteroatoms. The van der Waals surface area contributed by atoms with Crippen LogP contribution < -0.4 is 9.64 Å². The van der Waals surface area contributed by atoms with Crippen LogP contribution in [0.2, 0.25) is 0 Å². The number of para-hydroxylation sites is 1. The number of amides is 1. The highest BCUT2D eigenvalue weighted by Crippen LogP contribution is 2.23. The molecule has 2 fully saturated rings. The minimum atomic E-state index is -0.151. The second-order valence-electron chi connectivity index (χ2n) is 8.98. The lowest BCUT2D eigenvalue weighted by molar-refractivity contribution is 0.0595. The van der Waals surface area contributed by atoms with Gasteiger partial charge in [-0.15, -0.1) is 0 Å². The number of piperidine rings is 1. The Morgan fingerprint density at radius 3 is 2.35 bits per heavy atom. The average Bonchev–Trinajstić information content (AvgIpc) is 3.41. The lowest BCUT2D eigenvalue weighted by atomic mass is 10.1. The van der Waals surface area contributed by atoms with Gasteiger partial charge >= 0.3 is 0 Å². The molecule has 3 heterocycles. The highest BCUT2D eigenvalue weighted by Gasteiger charge is 2.25. The number of halogens is 1. The standard InChI is InChI=1S/C27H30FN3O3/c28-25-3-1-2-4-26(25)30-16-14-29(15-17-30)19-21-5-7-23(8-6-21)34-24-9-12-31(13-10-24)27(32)22-11-18-33-20-22/h1-8,11,18,20,24H,9-10,12-17,19H2. The number of likely N-dealkylation sites (tertiary alicyclic amines) is 1. The van der Waals surface area contributed by atoms with Crippen LogP contribution in [-0.4, -0.2) is 61.1 Å². The van der Waals surface area contributed by atoms with Gasteiger partial charge in [-0.1, -0.05) is 24.3 Å². The summed E-state index contributed by atoms with van der Waals surface area (Å²) in [6.45, 7) is 5.70. The molecule has 0 saturated carbocycles. The van der Waals surface area contributed by atoms with Crippen molar-refractivity contribution in [1.82, 2.24) is 9.80 Å². The maximum absolute atomic E-state index is 14.0. The molecule has 1 aromatic heterocycles. The fourth-order valence-electron chi connectivity index (χ4n) is 4.72. The van der Waals surface area contributed by atoms with Crippen LogP contribution in [0, 0.1) is 5.82 Å². The molecule has 2 aromatic carbocycles. The first-order chi connectivity index (χ1) is 16.7. The summed E-state index contributed by atoms with van der Waals surface area (Å²) >= 11 is 0. The van der Waals surface area contributed by atoms with Crippen LogP contribution in [0.1, 0.15) is 28.8 Å². The molecule has 0 spiro atoms. The highest BCUT2D eigenvalue weighted by atomic mass is 19.1. The Morgan fingerprint density at radius 1 is 0.941 bits per heavy atom. The summed E-state index contributed by atoms with van der Waals surface area (Å²) in [4.78, 5) is 18.8. The zero-order valence-corrected chi connectivity index (χ0v) is 19.2. The molecular weight excluding hydrogens is 433 g/mol. The van der Waals surface area contributed by atoms with Gasteiger partial charge in [-0.2, -0.15) is 0 Å². The van der Waals surface area contributed by atoms with Gasteiger partial charge in [-0.3, -0.25) is 9.69 Å². The Labute approximate surface area is 199 Å². The first kappa shape index (κ1) is 22.5. The fourth-order valence-corrected chi connectivity index (χ4v) is 4.72. The molecule has 0 N–H and O–H groups in total. The Hall–Kier alpha value is -3.32. The molecule has 34 heavy (non-hydrogen) atoms. The van der Waals surface area contributed by atoms with Crippen molar-refractivity contribution >= 4 is 11.6 Å². The summed E-state index contributed by atoms with van der Waals surface area (Å²) < 4.78 is 25.3. The third-order valence-electron chi connectivity index (χ3n) is 6.70. The number of ether oxygens (including phenoxy) is 1. The summed E-state index contributed by atoms with van der Waals surface area (Å²) in [5.41, 5.74) is 2.54. The van der Waals surface area contributed by atoms with E-state index in [-0.39, 0.29) is 17.8 Å². The van der Waals surface area contributed by atoms with E-state index in [0.29, 0.717) is 24.3 Å². The number of benzene rings is 2. The first-order valence-electron chi connectivity index (χ1n) is 11.9. The number of carbonyl (C=O) groups is 1. The molecule has 0 aliphatic carbocycles. The van der Waals surface area contributed by atoms with E-state index in [4.69, 9.17) is 9.15 Å². The normalized spacial score (nSPS) is 17.7. The van der Waals surface area contributed by atoms with Crippen molar-refractivity contribution in [3.05, 3.63) is 84.1 Å². The van der Waals surface area contributed by atoms with E-state index in [9.17, 15) is 9.18 Å². The van der Waals surface area contributed by atoms with Gasteiger partial charge in [0.1, 0.15) is 23.9 Å². The summed E-state index contributed by atoms with van der Waals surface area (Å²) in [6, 6.07) is 17.0. The maximum atomic E-state index is 14.0. The number of hydrogen-bond acceptors (Lipinski definition) is 5. The number of piperazine rings is 1. The monoisotopic (exact) mass is 463 g/mol. The van der Waals surface area contributed by atoms with Gasteiger partial charge in [0.15, 0.2) is 0 Å². The minimum absolute atomic E-state index is 0.0197. The molecule has 2 saturated heterocycles. The molecule has 2 aliphatic rings. The largest absolute Gasteiger partial charge is 0.490 e. The van der Waals surface area contributed by atoms with E-state index in [1.807, 2.05) is 29.2 Å². The fraction of sp³-hybridized carbons (Fsp3) is 0.370. The van der Waals surface area contributed by atoms with Crippen LogP contribution >= 0.6 is 0 Å². The second kappa shape index (κ2) is 10.3. The molecule has 5 rings (SSSR count). The van der Waals surface area contributed by atoms with Gasteiger partial charge in [0.2, 0.25) is 0 Å². The molecular formula is C27H30FN3O3. The van der Waals surface area contributed by atoms with Crippen LogP contribution in [0.5, 0.6) is 5.75 Å². The minimum Gasteiger partial charge on any atom is -0.490 e. The Bertz CT molecular complexity index is 1070. The van der Waals surface area contributed by atoms with Crippen LogP contribution in [0.3, 0.4) is 0 Å². The average molecular weight is 464 g/mol. The van der Waals surface area contributed by atoms with E-state index in [1.54, 1.807) is 12.1 Å². The van der Waals surface area contributed by atoms with E-state index in [1.165, 1.54) is 24.2 Å². The summed E-state index contributed by atoms with van der Waals surface area (Å²) in [7, 11) is 0. The molecule has 1 amide bonds. The molecule has 6 nitrogen and oxygen atoms in total. The van der Waals surface area contributed by atoms with Crippen LogP contribution in [0.15, 0.2) is 71.5 Å². The zero-order valence-electron chi connectivity index (χ0n) is 19.2. The topological polar surface area (TPSA) is 49.2 Å². The SMILES string of the molecule is O=C(c1ccoc1)N1CCC(Oc2ccc(CN3CCN(c4ccccc4F)CC3)cc2)CC1. The van der Waals surface area contributed by atoms with Crippen LogP contribution in [0.25, 0.3) is 0 Å². The van der Waals surface area contributed by atoms with Crippen molar-refractivity contribution < 1.29 is 18.3 Å². The number of rotatable bonds is 6. The smallest absolute Gasteiger partial charge is 0.257 e. The second-order valence-corrected chi connectivity index (χ2v) is 8.98. The van der Waals surface area contributed by atoms with Gasteiger partial charge in [0.25, 0.3) is 5.91 Å². The lowest BCUT2D eigenvalue weighted by Crippen LogP contribution is -2.46. The number of anilines is 1. The summed E-state index contributed by atoms with van der Waals surface area (Å²) in [5, 5.41) is 0. The predicted molar refractivity (Wildman–Crippen MR) is 129 cm³/mol. The number of carbonyl (C=O) groups excluding carboxylic acids is 1. The molecule has 0 bridgehead atoms. The Morgan fingerprint density at radius 2 is 1.68 bits per heavy atom. The quantitative estimate of drug-likeness (QED) is 0.542. The number of nitrogens with zero attached hydrogens (tertiary/aromatic N) is 3. The molecule has 2 aliphatic heterocycles. The van der Waals surface area contributed by atoms with Crippen molar-refractivity contribution in [3.8, 4) is 5.75 Å². The van der Waals surface area contributed by atoms with Crippen molar-refractivity contribution in [1.29, 1.82) is 0 Å². The molecule has 0 unspecified atom stereocenters. The van der Waals surface area contributed by atoms with Crippen LogP contribution in [0.4, 0.5) is 10.1 Å². The van der Waals surface area contributed by atoms with Gasteiger partial charge in [-0.05, 0) is 35.9 Å². The maximum Gasteiger partial charge on any atom is 0.257 e.